The maximum atomic E-state index is 13.0. The van der Waals surface area contributed by atoms with Gasteiger partial charge in [-0.1, -0.05) is 12.1 Å². The first kappa shape index (κ1) is 22.3. The van der Waals surface area contributed by atoms with Crippen molar-refractivity contribution in [1.29, 1.82) is 0 Å². The van der Waals surface area contributed by atoms with Crippen LogP contribution in [-0.4, -0.2) is 28.0 Å². The van der Waals surface area contributed by atoms with Crippen LogP contribution in [0.5, 0.6) is 0 Å². The Morgan fingerprint density at radius 3 is 2.13 bits per heavy atom. The molecule has 1 aromatic carbocycles. The van der Waals surface area contributed by atoms with E-state index in [1.807, 2.05) is 0 Å². The lowest BCUT2D eigenvalue weighted by atomic mass is 9.71. The highest BCUT2D eigenvalue weighted by molar-refractivity contribution is 5.95. The van der Waals surface area contributed by atoms with Crippen molar-refractivity contribution >= 4 is 17.8 Å². The first-order chi connectivity index (χ1) is 14.4. The molecule has 2 aromatic rings. The number of hydrogen-bond donors (Lipinski definition) is 3. The monoisotopic (exact) mass is 447 g/mol. The van der Waals surface area contributed by atoms with Crippen LogP contribution in [-0.2, 0) is 16.5 Å². The molecule has 31 heavy (non-hydrogen) atoms. The SMILES string of the molecule is O=C(NNC(=O)C(F)(F)F)c1cnc(NC2(c3cccc(C(F)(F)F)c3)CCC2)nc1. The first-order valence-corrected chi connectivity index (χ1v) is 8.86. The number of aromatic nitrogens is 2. The van der Waals surface area contributed by atoms with Crippen LogP contribution in [0, 0.1) is 0 Å². The van der Waals surface area contributed by atoms with Gasteiger partial charge in [-0.2, -0.15) is 26.3 Å². The number of benzene rings is 1. The summed E-state index contributed by atoms with van der Waals surface area (Å²) in [5.74, 6) is -3.42. The van der Waals surface area contributed by atoms with Gasteiger partial charge in [-0.25, -0.2) is 9.97 Å². The third-order valence-electron chi connectivity index (χ3n) is 4.76. The fourth-order valence-electron chi connectivity index (χ4n) is 2.99. The fourth-order valence-corrected chi connectivity index (χ4v) is 2.99. The molecule has 13 heteroatoms. The van der Waals surface area contributed by atoms with Gasteiger partial charge in [0.2, 0.25) is 5.95 Å². The predicted molar refractivity (Wildman–Crippen MR) is 94.3 cm³/mol. The zero-order valence-electron chi connectivity index (χ0n) is 15.6. The highest BCUT2D eigenvalue weighted by Crippen LogP contribution is 2.44. The van der Waals surface area contributed by atoms with E-state index in [1.54, 1.807) is 11.5 Å². The van der Waals surface area contributed by atoms with Gasteiger partial charge in [0.05, 0.1) is 16.7 Å². The minimum Gasteiger partial charge on any atom is -0.345 e. The lowest BCUT2D eigenvalue weighted by molar-refractivity contribution is -0.174. The summed E-state index contributed by atoms with van der Waals surface area (Å²) in [6.07, 6.45) is -5.83. The molecule has 0 unspecified atom stereocenters. The van der Waals surface area contributed by atoms with E-state index in [0.717, 1.165) is 30.9 Å². The lowest BCUT2D eigenvalue weighted by Crippen LogP contribution is -2.47. The molecule has 0 aliphatic heterocycles. The Morgan fingerprint density at radius 2 is 1.61 bits per heavy atom. The second-order valence-electron chi connectivity index (χ2n) is 6.84. The van der Waals surface area contributed by atoms with Crippen LogP contribution >= 0.6 is 0 Å². The Morgan fingerprint density at radius 1 is 0.968 bits per heavy atom. The summed E-state index contributed by atoms with van der Waals surface area (Å²) in [5, 5.41) is 2.98. The molecular weight excluding hydrogens is 432 g/mol. The molecule has 0 spiro atoms. The summed E-state index contributed by atoms with van der Waals surface area (Å²) in [4.78, 5) is 30.3. The highest BCUT2D eigenvalue weighted by Gasteiger charge is 2.41. The van der Waals surface area contributed by atoms with E-state index in [9.17, 15) is 35.9 Å². The van der Waals surface area contributed by atoms with E-state index in [0.29, 0.717) is 18.4 Å². The molecule has 0 saturated heterocycles. The second-order valence-corrected chi connectivity index (χ2v) is 6.84. The Bertz CT molecular complexity index is 971. The lowest BCUT2D eigenvalue weighted by Gasteiger charge is -2.43. The average Bonchev–Trinajstić information content (AvgIpc) is 2.67. The Hall–Kier alpha value is -3.38. The number of halogens is 6. The Balaban J connectivity index is 1.70. The van der Waals surface area contributed by atoms with Crippen LogP contribution in [0.25, 0.3) is 0 Å². The van der Waals surface area contributed by atoms with Crippen molar-refractivity contribution in [2.75, 3.05) is 5.32 Å². The molecule has 1 aromatic heterocycles. The number of carbonyl (C=O) groups excluding carboxylic acids is 2. The minimum atomic E-state index is -5.17. The van der Waals surface area contributed by atoms with Crippen molar-refractivity contribution < 1.29 is 35.9 Å². The predicted octanol–water partition coefficient (Wildman–Crippen LogP) is 3.31. The van der Waals surface area contributed by atoms with Crippen LogP contribution < -0.4 is 16.2 Å². The highest BCUT2D eigenvalue weighted by atomic mass is 19.4. The molecule has 0 atom stereocenters. The van der Waals surface area contributed by atoms with Crippen molar-refractivity contribution in [3.05, 3.63) is 53.3 Å². The van der Waals surface area contributed by atoms with Crippen LogP contribution in [0.15, 0.2) is 36.7 Å². The molecule has 3 N–H and O–H groups in total. The van der Waals surface area contributed by atoms with Gasteiger partial charge in [0.15, 0.2) is 0 Å². The molecule has 0 bridgehead atoms. The molecular formula is C18H15F6N5O2. The van der Waals surface area contributed by atoms with E-state index in [1.165, 1.54) is 11.5 Å². The topological polar surface area (TPSA) is 96.0 Å². The number of amides is 2. The summed E-state index contributed by atoms with van der Waals surface area (Å²) in [7, 11) is 0. The van der Waals surface area contributed by atoms with Crippen molar-refractivity contribution in [1.82, 2.24) is 20.8 Å². The van der Waals surface area contributed by atoms with Gasteiger partial charge < -0.3 is 5.32 Å². The largest absolute Gasteiger partial charge is 0.472 e. The van der Waals surface area contributed by atoms with Crippen molar-refractivity contribution in [2.45, 2.75) is 37.2 Å². The van der Waals surface area contributed by atoms with E-state index in [-0.39, 0.29) is 11.5 Å². The van der Waals surface area contributed by atoms with Gasteiger partial charge in [0.1, 0.15) is 0 Å². The van der Waals surface area contributed by atoms with Crippen LogP contribution in [0.3, 0.4) is 0 Å². The van der Waals surface area contributed by atoms with Gasteiger partial charge in [0, 0.05) is 12.4 Å². The van der Waals surface area contributed by atoms with Crippen molar-refractivity contribution in [2.24, 2.45) is 0 Å². The Kier molecular flexibility index (Phi) is 5.79. The van der Waals surface area contributed by atoms with Crippen LogP contribution in [0.1, 0.15) is 40.7 Å². The maximum absolute atomic E-state index is 13.0. The second kappa shape index (κ2) is 8.04. The molecule has 1 saturated carbocycles. The van der Waals surface area contributed by atoms with Gasteiger partial charge in [-0.05, 0) is 37.0 Å². The molecule has 1 aliphatic carbocycles. The number of alkyl halides is 6. The van der Waals surface area contributed by atoms with Crippen LogP contribution in [0.4, 0.5) is 32.3 Å². The van der Waals surface area contributed by atoms with Gasteiger partial charge in [0.25, 0.3) is 5.91 Å². The summed E-state index contributed by atoms with van der Waals surface area (Å²) in [6, 6.07) is 4.89. The summed E-state index contributed by atoms with van der Waals surface area (Å²) in [6.45, 7) is 0. The van der Waals surface area contributed by atoms with Crippen molar-refractivity contribution in [3.63, 3.8) is 0 Å². The Labute approximate surface area is 171 Å². The number of rotatable bonds is 4. The fraction of sp³-hybridized carbons (Fsp3) is 0.333. The molecule has 166 valence electrons. The van der Waals surface area contributed by atoms with E-state index < -0.39 is 35.3 Å². The number of anilines is 1. The molecule has 2 amide bonds. The number of hydrazine groups is 1. The van der Waals surface area contributed by atoms with Gasteiger partial charge in [-0.3, -0.25) is 20.4 Å². The molecule has 1 fully saturated rings. The minimum absolute atomic E-state index is 0.0213. The van der Waals surface area contributed by atoms with E-state index >= 15 is 0 Å². The first-order valence-electron chi connectivity index (χ1n) is 8.86. The zero-order valence-corrected chi connectivity index (χ0v) is 15.6. The maximum Gasteiger partial charge on any atom is 0.472 e. The normalized spacial score (nSPS) is 15.5. The number of nitrogens with zero attached hydrogens (tertiary/aromatic N) is 2. The summed E-state index contributed by atoms with van der Waals surface area (Å²) >= 11 is 0. The molecule has 3 rings (SSSR count). The van der Waals surface area contributed by atoms with Gasteiger partial charge >= 0.3 is 18.3 Å². The average molecular weight is 447 g/mol. The summed E-state index contributed by atoms with van der Waals surface area (Å²) < 4.78 is 75.5. The molecule has 7 nitrogen and oxygen atoms in total. The van der Waals surface area contributed by atoms with E-state index in [2.05, 4.69) is 15.3 Å². The number of carbonyl (C=O) groups is 2. The van der Waals surface area contributed by atoms with E-state index in [4.69, 9.17) is 0 Å². The standard InChI is InChI=1S/C18H15F6N5O2/c19-17(20,21)12-4-1-3-11(7-12)16(5-2-6-16)27-15-25-8-10(9-26-15)13(30)28-29-14(31)18(22,23)24/h1,3-4,7-9H,2,5-6H2,(H,28,30)(H,29,31)(H,25,26,27). The molecule has 1 aliphatic rings. The number of hydrogen-bond acceptors (Lipinski definition) is 5. The van der Waals surface area contributed by atoms with Gasteiger partial charge in [-0.15, -0.1) is 0 Å². The number of nitrogens with one attached hydrogen (secondary N) is 3. The third kappa shape index (κ3) is 5.03. The van der Waals surface area contributed by atoms with Crippen LogP contribution in [0.2, 0.25) is 0 Å². The van der Waals surface area contributed by atoms with Crippen molar-refractivity contribution in [3.8, 4) is 0 Å². The zero-order chi connectivity index (χ0) is 22.9. The third-order valence-corrected chi connectivity index (χ3v) is 4.76. The smallest absolute Gasteiger partial charge is 0.345 e. The summed E-state index contributed by atoms with van der Waals surface area (Å²) in [5.41, 5.74) is 1.35. The molecule has 0 radical (unpaired) electrons. The molecule has 1 heterocycles. The quantitative estimate of drug-likeness (QED) is 0.494.